The van der Waals surface area contributed by atoms with Gasteiger partial charge in [-0.05, 0) is 30.5 Å². The topological polar surface area (TPSA) is 77.2 Å². The van der Waals surface area contributed by atoms with Crippen LogP contribution in [0.5, 0.6) is 5.75 Å². The average molecular weight is 287 g/mol. The number of carbonyl (C=O) groups is 1. The number of aryl methyl sites for hydroxylation is 1. The van der Waals surface area contributed by atoms with Crippen molar-refractivity contribution < 1.29 is 14.6 Å². The quantitative estimate of drug-likeness (QED) is 0.928. The third kappa shape index (κ3) is 2.74. The zero-order valence-corrected chi connectivity index (χ0v) is 11.8. The molecule has 1 aromatic carbocycles. The van der Waals surface area contributed by atoms with Gasteiger partial charge in [0.15, 0.2) is 11.9 Å². The van der Waals surface area contributed by atoms with Crippen LogP contribution in [0.4, 0.5) is 0 Å². The first-order chi connectivity index (χ1) is 10.2. The predicted octanol–water partition coefficient (Wildman–Crippen LogP) is 1.84. The minimum atomic E-state index is -0.836. The first-order valence-electron chi connectivity index (χ1n) is 6.97. The summed E-state index contributed by atoms with van der Waals surface area (Å²) in [5.74, 6) is 1.42. The monoisotopic (exact) mass is 287 g/mol. The molecule has 0 radical (unpaired) electrons. The summed E-state index contributed by atoms with van der Waals surface area (Å²) in [4.78, 5) is 15.7. The molecule has 1 aromatic heterocycles. The molecular formula is C15H17N3O3. The number of ether oxygens (including phenoxy) is 1. The van der Waals surface area contributed by atoms with Gasteiger partial charge in [0.25, 0.3) is 0 Å². The fraction of sp³-hybridized carbons (Fsp3) is 0.400. The Morgan fingerprint density at radius 2 is 2.19 bits per heavy atom. The van der Waals surface area contributed by atoms with Gasteiger partial charge in [-0.15, -0.1) is 0 Å². The molecule has 1 aliphatic heterocycles. The number of methoxy groups -OCH3 is 1. The highest BCUT2D eigenvalue weighted by Gasteiger charge is 2.28. The van der Waals surface area contributed by atoms with E-state index >= 15 is 0 Å². The fourth-order valence-corrected chi connectivity index (χ4v) is 2.63. The van der Waals surface area contributed by atoms with Gasteiger partial charge in [0.2, 0.25) is 0 Å². The second-order valence-corrected chi connectivity index (χ2v) is 5.16. The second-order valence-electron chi connectivity index (χ2n) is 5.16. The lowest BCUT2D eigenvalue weighted by atomic mass is 10.1. The summed E-state index contributed by atoms with van der Waals surface area (Å²) >= 11 is 0. The van der Waals surface area contributed by atoms with Crippen LogP contribution in [0.15, 0.2) is 24.3 Å². The summed E-state index contributed by atoms with van der Waals surface area (Å²) in [6.07, 6.45) is 2.85. The highest BCUT2D eigenvalue weighted by molar-refractivity contribution is 5.71. The van der Waals surface area contributed by atoms with Crippen molar-refractivity contribution in [3.63, 3.8) is 0 Å². The molecule has 2 heterocycles. The Labute approximate surface area is 122 Å². The van der Waals surface area contributed by atoms with E-state index in [2.05, 4.69) is 10.1 Å². The van der Waals surface area contributed by atoms with E-state index in [0.717, 1.165) is 30.0 Å². The zero-order chi connectivity index (χ0) is 14.8. The molecule has 1 aliphatic rings. The molecule has 6 nitrogen and oxygen atoms in total. The molecule has 6 heteroatoms. The van der Waals surface area contributed by atoms with Crippen LogP contribution in [0.25, 0.3) is 0 Å². The summed E-state index contributed by atoms with van der Waals surface area (Å²) < 4.78 is 6.70. The molecule has 3 rings (SSSR count). The lowest BCUT2D eigenvalue weighted by Gasteiger charge is -2.19. The molecule has 110 valence electrons. The van der Waals surface area contributed by atoms with E-state index in [9.17, 15) is 9.90 Å². The Balaban J connectivity index is 1.82. The minimum Gasteiger partial charge on any atom is -0.497 e. The van der Waals surface area contributed by atoms with Crippen LogP contribution in [0, 0.1) is 0 Å². The van der Waals surface area contributed by atoms with Crippen molar-refractivity contribution in [2.24, 2.45) is 0 Å². The summed E-state index contributed by atoms with van der Waals surface area (Å²) in [5, 5.41) is 13.6. The van der Waals surface area contributed by atoms with Crippen molar-refractivity contribution in [1.82, 2.24) is 14.8 Å². The van der Waals surface area contributed by atoms with Gasteiger partial charge in [0.05, 0.1) is 7.11 Å². The minimum absolute atomic E-state index is 0.578. The summed E-state index contributed by atoms with van der Waals surface area (Å²) in [7, 11) is 1.63. The van der Waals surface area contributed by atoms with Crippen molar-refractivity contribution in [2.45, 2.75) is 31.7 Å². The zero-order valence-electron chi connectivity index (χ0n) is 11.8. The number of carboxylic acids is 1. The van der Waals surface area contributed by atoms with Gasteiger partial charge in [-0.2, -0.15) is 5.10 Å². The Morgan fingerprint density at radius 1 is 1.43 bits per heavy atom. The van der Waals surface area contributed by atoms with E-state index in [1.165, 1.54) is 0 Å². The fourth-order valence-electron chi connectivity index (χ4n) is 2.63. The molecule has 0 saturated carbocycles. The maximum atomic E-state index is 11.3. The molecule has 0 saturated heterocycles. The highest BCUT2D eigenvalue weighted by atomic mass is 16.5. The average Bonchev–Trinajstić information content (AvgIpc) is 2.89. The van der Waals surface area contributed by atoms with Crippen LogP contribution in [0.3, 0.4) is 0 Å². The molecule has 1 atom stereocenters. The van der Waals surface area contributed by atoms with Crippen molar-refractivity contribution in [2.75, 3.05) is 7.11 Å². The maximum Gasteiger partial charge on any atom is 0.328 e. The smallest absolute Gasteiger partial charge is 0.328 e. The summed E-state index contributed by atoms with van der Waals surface area (Å²) in [5.41, 5.74) is 1.07. The first-order valence-corrected chi connectivity index (χ1v) is 6.97. The Kier molecular flexibility index (Phi) is 3.60. The third-order valence-electron chi connectivity index (χ3n) is 3.73. The van der Waals surface area contributed by atoms with Crippen molar-refractivity contribution in [3.05, 3.63) is 41.5 Å². The van der Waals surface area contributed by atoms with E-state index in [1.54, 1.807) is 11.8 Å². The SMILES string of the molecule is COc1ccc(Cc2nc3n(n2)C(C(=O)O)CCC3)cc1. The Hall–Kier alpha value is -2.37. The molecule has 21 heavy (non-hydrogen) atoms. The molecule has 1 unspecified atom stereocenters. The van der Waals surface area contributed by atoms with E-state index in [1.807, 2.05) is 24.3 Å². The Bertz CT molecular complexity index is 649. The highest BCUT2D eigenvalue weighted by Crippen LogP contribution is 2.24. The normalized spacial score (nSPS) is 17.3. The number of hydrogen-bond donors (Lipinski definition) is 1. The van der Waals surface area contributed by atoms with Crippen LogP contribution in [-0.2, 0) is 17.6 Å². The number of hydrogen-bond acceptors (Lipinski definition) is 4. The van der Waals surface area contributed by atoms with E-state index in [-0.39, 0.29) is 0 Å². The van der Waals surface area contributed by atoms with Gasteiger partial charge in [-0.3, -0.25) is 0 Å². The van der Waals surface area contributed by atoms with Crippen LogP contribution >= 0.6 is 0 Å². The van der Waals surface area contributed by atoms with Crippen molar-refractivity contribution in [1.29, 1.82) is 0 Å². The molecule has 2 aromatic rings. The lowest BCUT2D eigenvalue weighted by Crippen LogP contribution is -2.26. The molecule has 0 bridgehead atoms. The molecule has 0 amide bonds. The van der Waals surface area contributed by atoms with Crippen LogP contribution in [0.1, 0.15) is 36.1 Å². The number of carboxylic acid groups (broad SMARTS) is 1. The molecule has 0 fully saturated rings. The van der Waals surface area contributed by atoms with E-state index in [4.69, 9.17) is 4.74 Å². The number of fused-ring (bicyclic) bond motifs is 1. The molecule has 0 aliphatic carbocycles. The van der Waals surface area contributed by atoms with Crippen molar-refractivity contribution >= 4 is 5.97 Å². The van der Waals surface area contributed by atoms with Gasteiger partial charge in [0.1, 0.15) is 11.6 Å². The molecule has 1 N–H and O–H groups in total. The first kappa shape index (κ1) is 13.6. The number of nitrogens with zero attached hydrogens (tertiary/aromatic N) is 3. The third-order valence-corrected chi connectivity index (χ3v) is 3.73. The van der Waals surface area contributed by atoms with Gasteiger partial charge in [-0.25, -0.2) is 14.5 Å². The number of aliphatic carboxylic acids is 1. The van der Waals surface area contributed by atoms with Gasteiger partial charge < -0.3 is 9.84 Å². The van der Waals surface area contributed by atoms with Crippen molar-refractivity contribution in [3.8, 4) is 5.75 Å². The van der Waals surface area contributed by atoms with Gasteiger partial charge in [0, 0.05) is 12.8 Å². The van der Waals surface area contributed by atoms with Gasteiger partial charge >= 0.3 is 5.97 Å². The summed E-state index contributed by atoms with van der Waals surface area (Å²) in [6, 6.07) is 7.14. The maximum absolute atomic E-state index is 11.3. The van der Waals surface area contributed by atoms with Gasteiger partial charge in [-0.1, -0.05) is 12.1 Å². The number of benzene rings is 1. The van der Waals surface area contributed by atoms with Crippen LogP contribution in [-0.4, -0.2) is 33.0 Å². The van der Waals surface area contributed by atoms with E-state index < -0.39 is 12.0 Å². The lowest BCUT2D eigenvalue weighted by molar-refractivity contribution is -0.141. The van der Waals surface area contributed by atoms with Crippen LogP contribution < -0.4 is 4.74 Å². The molecule has 0 spiro atoms. The Morgan fingerprint density at radius 3 is 2.86 bits per heavy atom. The van der Waals surface area contributed by atoms with E-state index in [0.29, 0.717) is 18.7 Å². The number of aromatic nitrogens is 3. The second kappa shape index (κ2) is 5.55. The predicted molar refractivity (Wildman–Crippen MR) is 75.4 cm³/mol. The number of rotatable bonds is 4. The summed E-state index contributed by atoms with van der Waals surface area (Å²) in [6.45, 7) is 0. The van der Waals surface area contributed by atoms with Crippen LogP contribution in [0.2, 0.25) is 0 Å². The largest absolute Gasteiger partial charge is 0.497 e. The molecular weight excluding hydrogens is 270 g/mol. The standard InChI is InChI=1S/C15H17N3O3/c1-21-11-7-5-10(6-8-11)9-13-16-14-4-2-3-12(15(19)20)18(14)17-13/h5-8,12H,2-4,9H2,1H3,(H,19,20).